The van der Waals surface area contributed by atoms with Gasteiger partial charge in [-0.25, -0.2) is 0 Å². The van der Waals surface area contributed by atoms with Crippen molar-refractivity contribution in [1.29, 1.82) is 0 Å². The second-order valence-electron chi connectivity index (χ2n) is 20.0. The van der Waals surface area contributed by atoms with Crippen LogP contribution in [0.4, 0.5) is 0 Å². The van der Waals surface area contributed by atoms with Crippen LogP contribution in [0, 0.1) is 31.9 Å². The number of rotatable bonds is 8. The zero-order valence-corrected chi connectivity index (χ0v) is 43.6. The molecule has 4 heterocycles. The van der Waals surface area contributed by atoms with E-state index >= 15 is 0 Å². The van der Waals surface area contributed by atoms with E-state index in [-0.39, 0.29) is 25.5 Å². The summed E-state index contributed by atoms with van der Waals surface area (Å²) in [4.78, 5) is 14.5. The average Bonchev–Trinajstić information content (AvgIpc) is 3.88. The monoisotopic (exact) mass is 1070 g/mol. The molecule has 0 saturated heterocycles. The topological polar surface area (TPSA) is 56.7 Å². The minimum absolute atomic E-state index is 0. The first-order valence-corrected chi connectivity index (χ1v) is 26.6. The second kappa shape index (κ2) is 19.2. The van der Waals surface area contributed by atoms with E-state index in [1.54, 1.807) is 0 Å². The molecule has 10 rings (SSSR count). The van der Waals surface area contributed by atoms with Crippen LogP contribution in [0.2, 0.25) is 19.6 Å². The van der Waals surface area contributed by atoms with Crippen molar-refractivity contribution in [1.82, 2.24) is 19.5 Å². The van der Waals surface area contributed by atoms with Crippen LogP contribution in [0.5, 0.6) is 0 Å². The number of hydrogen-bond donors (Lipinski definition) is 0. The third-order valence-corrected chi connectivity index (χ3v) is 14.4. The third-order valence-electron chi connectivity index (χ3n) is 12.3. The minimum Gasteiger partial charge on any atom is -0.499 e. The molecule has 0 saturated carbocycles. The fourth-order valence-corrected chi connectivity index (χ4v) is 10.6. The molecule has 0 bridgehead atoms. The molecule has 5 nitrogen and oxygen atoms in total. The number of para-hydroxylation sites is 2. The molecule has 6 aromatic carbocycles. The van der Waals surface area contributed by atoms with Crippen molar-refractivity contribution in [3.05, 3.63) is 186 Å². The van der Waals surface area contributed by atoms with Crippen LogP contribution in [0.15, 0.2) is 156 Å². The van der Waals surface area contributed by atoms with Crippen molar-refractivity contribution in [2.45, 2.75) is 79.9 Å². The molecule has 0 spiro atoms. The number of aromatic nitrogens is 4. The molecule has 1 radical (unpaired) electrons. The molecule has 4 aromatic heterocycles. The van der Waals surface area contributed by atoms with Crippen LogP contribution in [0.25, 0.3) is 83.6 Å². The van der Waals surface area contributed by atoms with Gasteiger partial charge in [0.25, 0.3) is 0 Å². The number of hydrogen-bond acceptors (Lipinski definition) is 4. The van der Waals surface area contributed by atoms with Crippen molar-refractivity contribution in [3.8, 4) is 50.6 Å². The van der Waals surface area contributed by atoms with Gasteiger partial charge in [-0.05, 0) is 82.6 Å². The van der Waals surface area contributed by atoms with Crippen LogP contribution in [0.3, 0.4) is 0 Å². The molecule has 0 fully saturated rings. The standard InChI is InChI=1S/C42H34N3O.C18H24NSi.Ir/c1-26-20-21-31(40-38(26)34-22-27(2)43-25-37(34)46-40)41-44-35-18-12-13-19-36(35)45(41)39-32(28-14-8-6-9-15-28)23-30(42(3,4)5)24-33(39)29-16-10-7-11-17-29;1-14(2)11-16-12-17(15-9-7-6-8-10-15)19-13-18(16)20(3,4)5;/h6-20,22-25H,1-5H3;6-9,12-14H,11H2,1-5H3;/q2*-1;. The zero-order chi connectivity index (χ0) is 46.3. The molecule has 7 heteroatoms. The maximum absolute atomic E-state index is 6.61. The molecule has 0 aliphatic carbocycles. The maximum Gasteiger partial charge on any atom is 0.139 e. The van der Waals surface area contributed by atoms with E-state index in [0.717, 1.165) is 101 Å². The van der Waals surface area contributed by atoms with Crippen molar-refractivity contribution >= 4 is 46.2 Å². The smallest absolute Gasteiger partial charge is 0.139 e. The van der Waals surface area contributed by atoms with Crippen LogP contribution < -0.4 is 5.19 Å². The van der Waals surface area contributed by atoms with Crippen molar-refractivity contribution in [3.63, 3.8) is 0 Å². The molecule has 0 unspecified atom stereocenters. The van der Waals surface area contributed by atoms with Crippen molar-refractivity contribution < 1.29 is 24.5 Å². The van der Waals surface area contributed by atoms with E-state index in [0.29, 0.717) is 5.92 Å². The predicted molar refractivity (Wildman–Crippen MR) is 279 cm³/mol. The number of imidazole rings is 1. The summed E-state index contributed by atoms with van der Waals surface area (Å²) in [5.41, 5.74) is 16.8. The summed E-state index contributed by atoms with van der Waals surface area (Å²) in [7, 11) is -1.34. The Morgan fingerprint density at radius 1 is 0.731 bits per heavy atom. The first kappa shape index (κ1) is 47.3. The first-order valence-electron chi connectivity index (χ1n) is 23.1. The Kier molecular flexibility index (Phi) is 13.5. The summed E-state index contributed by atoms with van der Waals surface area (Å²) >= 11 is 0. The Labute approximate surface area is 410 Å². The largest absolute Gasteiger partial charge is 0.499 e. The molecule has 0 N–H and O–H groups in total. The number of nitrogens with zero attached hydrogens (tertiary/aromatic N) is 4. The van der Waals surface area contributed by atoms with E-state index < -0.39 is 8.07 Å². The van der Waals surface area contributed by atoms with E-state index in [9.17, 15) is 0 Å². The van der Waals surface area contributed by atoms with Crippen LogP contribution in [-0.2, 0) is 31.9 Å². The summed E-state index contributed by atoms with van der Waals surface area (Å²) in [6.45, 7) is 22.7. The second-order valence-corrected chi connectivity index (χ2v) is 25.0. The summed E-state index contributed by atoms with van der Waals surface area (Å²) < 4.78 is 8.93. The molecule has 0 aliphatic rings. The maximum atomic E-state index is 6.61. The number of benzene rings is 6. The summed E-state index contributed by atoms with van der Waals surface area (Å²) in [6, 6.07) is 55.9. The summed E-state index contributed by atoms with van der Waals surface area (Å²) in [5.74, 6) is 1.45. The Morgan fingerprint density at radius 3 is 1.99 bits per heavy atom. The molecule has 10 aromatic rings. The fourth-order valence-electron chi connectivity index (χ4n) is 9.04. The average molecular weight is 1070 g/mol. The van der Waals surface area contributed by atoms with Gasteiger partial charge in [0.15, 0.2) is 0 Å². The Morgan fingerprint density at radius 2 is 1.37 bits per heavy atom. The predicted octanol–water partition coefficient (Wildman–Crippen LogP) is 15.3. The Hall–Kier alpha value is -6.24. The third kappa shape index (κ3) is 9.65. The molecule has 0 amide bonds. The number of aryl methyl sites for hydroxylation is 2. The number of furan rings is 1. The quantitative estimate of drug-likeness (QED) is 0.112. The molecule has 0 atom stereocenters. The van der Waals surface area contributed by atoms with Gasteiger partial charge < -0.3 is 14.0 Å². The normalized spacial score (nSPS) is 11.8. The SMILES string of the molecule is CC(C)Cc1cc(-c2[c-]cccc2)ncc1[Si](C)(C)C.Cc1cc2c(cn1)oc1c(-c3nc4ccccc4n3-c3c(-c4ccccc4)cc(C(C)(C)C)cc3-c3ccccc3)[c-]cc(C)c12.[Ir]. The van der Waals surface area contributed by atoms with Gasteiger partial charge in [0.05, 0.1) is 42.4 Å². The van der Waals surface area contributed by atoms with Gasteiger partial charge in [0.1, 0.15) is 5.58 Å². The van der Waals surface area contributed by atoms with Crippen LogP contribution in [0.1, 0.15) is 57.0 Å². The Bertz CT molecular complexity index is 3280. The number of fused-ring (bicyclic) bond motifs is 4. The van der Waals surface area contributed by atoms with Gasteiger partial charge in [0.2, 0.25) is 0 Å². The van der Waals surface area contributed by atoms with Gasteiger partial charge in [0, 0.05) is 48.5 Å². The molecular formula is C60H58IrN4OSi-2. The van der Waals surface area contributed by atoms with Crippen molar-refractivity contribution in [2.75, 3.05) is 0 Å². The van der Waals surface area contributed by atoms with Gasteiger partial charge in [-0.1, -0.05) is 157 Å². The Balaban J connectivity index is 0.000000244. The van der Waals surface area contributed by atoms with E-state index in [1.807, 2.05) is 37.4 Å². The van der Waals surface area contributed by atoms with E-state index in [4.69, 9.17) is 9.40 Å². The van der Waals surface area contributed by atoms with Gasteiger partial charge in [-0.2, -0.15) is 0 Å². The van der Waals surface area contributed by atoms with E-state index in [1.165, 1.54) is 16.3 Å². The van der Waals surface area contributed by atoms with Gasteiger partial charge in [-0.3, -0.25) is 9.97 Å². The van der Waals surface area contributed by atoms with E-state index in [2.05, 4.69) is 209 Å². The van der Waals surface area contributed by atoms with Crippen LogP contribution in [-0.4, -0.2) is 27.6 Å². The van der Waals surface area contributed by atoms with Gasteiger partial charge in [-0.15, -0.1) is 53.6 Å². The van der Waals surface area contributed by atoms with Gasteiger partial charge >= 0.3 is 0 Å². The van der Waals surface area contributed by atoms with Crippen molar-refractivity contribution in [2.24, 2.45) is 5.92 Å². The summed E-state index contributed by atoms with van der Waals surface area (Å²) in [6.07, 6.45) is 5.06. The molecule has 0 aliphatic heterocycles. The first-order chi connectivity index (χ1) is 31.7. The minimum atomic E-state index is -1.34. The fraction of sp³-hybridized carbons (Fsp3) is 0.217. The molecular weight excluding hydrogens is 1010 g/mol. The summed E-state index contributed by atoms with van der Waals surface area (Å²) in [5, 5.41) is 3.62. The number of pyridine rings is 2. The molecule has 67 heavy (non-hydrogen) atoms. The molecule has 339 valence electrons. The van der Waals surface area contributed by atoms with Crippen LogP contribution >= 0.6 is 0 Å². The zero-order valence-electron chi connectivity index (χ0n) is 40.2.